The molecule has 0 saturated carbocycles. The first kappa shape index (κ1) is 11.5. The van der Waals surface area contributed by atoms with Crippen molar-refractivity contribution in [3.63, 3.8) is 0 Å². The van der Waals surface area contributed by atoms with Gasteiger partial charge in [-0.05, 0) is 18.3 Å². The van der Waals surface area contributed by atoms with E-state index < -0.39 is 0 Å². The highest BCUT2D eigenvalue weighted by Crippen LogP contribution is 2.43. The molecule has 0 spiro atoms. The summed E-state index contributed by atoms with van der Waals surface area (Å²) in [7, 11) is 0. The van der Waals surface area contributed by atoms with E-state index in [0.29, 0.717) is 0 Å². The third kappa shape index (κ3) is 1.62. The van der Waals surface area contributed by atoms with E-state index in [-0.39, 0.29) is 16.7 Å². The topological polar surface area (TPSA) is 43.1 Å². The van der Waals surface area contributed by atoms with Gasteiger partial charge < -0.3 is 5.73 Å². The number of amides is 1. The Labute approximate surface area is 75.5 Å². The van der Waals surface area contributed by atoms with Gasteiger partial charge in [-0.1, -0.05) is 34.6 Å². The minimum Gasteiger partial charge on any atom is -0.369 e. The SMILES string of the molecule is CCC(C)(C)C(C)(CC)C(N)=O. The van der Waals surface area contributed by atoms with E-state index in [1.165, 1.54) is 0 Å². The maximum Gasteiger partial charge on any atom is 0.223 e. The molecule has 0 aliphatic rings. The molecule has 72 valence electrons. The van der Waals surface area contributed by atoms with Crippen molar-refractivity contribution in [2.75, 3.05) is 0 Å². The van der Waals surface area contributed by atoms with Crippen LogP contribution in [0.3, 0.4) is 0 Å². The molecule has 0 aromatic rings. The molecule has 0 aromatic carbocycles. The van der Waals surface area contributed by atoms with E-state index in [9.17, 15) is 4.79 Å². The standard InChI is InChI=1S/C10H21NO/c1-6-9(3,4)10(5,7-2)8(11)12/h6-7H2,1-5H3,(H2,11,12). The van der Waals surface area contributed by atoms with E-state index in [1.807, 2.05) is 13.8 Å². The fourth-order valence-corrected chi connectivity index (χ4v) is 1.38. The Balaban J connectivity index is 4.87. The fourth-order valence-electron chi connectivity index (χ4n) is 1.38. The maximum absolute atomic E-state index is 11.3. The summed E-state index contributed by atoms with van der Waals surface area (Å²) in [6, 6.07) is 0. The summed E-state index contributed by atoms with van der Waals surface area (Å²) in [6.45, 7) is 10.3. The Bertz CT molecular complexity index is 175. The molecule has 0 aliphatic carbocycles. The van der Waals surface area contributed by atoms with Crippen LogP contribution in [0, 0.1) is 10.8 Å². The van der Waals surface area contributed by atoms with Crippen molar-refractivity contribution in [2.45, 2.75) is 47.5 Å². The molecule has 1 amide bonds. The molecule has 1 atom stereocenters. The summed E-state index contributed by atoms with van der Waals surface area (Å²) < 4.78 is 0. The van der Waals surface area contributed by atoms with Crippen LogP contribution in [0.25, 0.3) is 0 Å². The average Bonchev–Trinajstić information content (AvgIpc) is 2.02. The summed E-state index contributed by atoms with van der Waals surface area (Å²) in [5, 5.41) is 0. The molecule has 0 bridgehead atoms. The molecule has 1 unspecified atom stereocenters. The number of nitrogens with two attached hydrogens (primary N) is 1. The van der Waals surface area contributed by atoms with E-state index in [0.717, 1.165) is 12.8 Å². The van der Waals surface area contributed by atoms with Crippen molar-refractivity contribution in [3.8, 4) is 0 Å². The minimum absolute atomic E-state index is 0.00637. The zero-order chi connectivity index (χ0) is 9.99. The second-order valence-electron chi connectivity index (χ2n) is 4.29. The van der Waals surface area contributed by atoms with Crippen LogP contribution in [0.5, 0.6) is 0 Å². The quantitative estimate of drug-likeness (QED) is 0.693. The van der Waals surface area contributed by atoms with Crippen LogP contribution in [-0.2, 0) is 4.79 Å². The van der Waals surface area contributed by atoms with Crippen LogP contribution >= 0.6 is 0 Å². The average molecular weight is 171 g/mol. The Kier molecular flexibility index (Phi) is 3.31. The van der Waals surface area contributed by atoms with Crippen LogP contribution in [0.15, 0.2) is 0 Å². The number of hydrogen-bond donors (Lipinski definition) is 1. The second kappa shape index (κ2) is 3.46. The van der Waals surface area contributed by atoms with Crippen LogP contribution in [0.4, 0.5) is 0 Å². The number of primary amides is 1. The van der Waals surface area contributed by atoms with Gasteiger partial charge in [-0.3, -0.25) is 4.79 Å². The van der Waals surface area contributed by atoms with Crippen LogP contribution < -0.4 is 5.73 Å². The Morgan fingerprint density at radius 3 is 1.67 bits per heavy atom. The highest BCUT2D eigenvalue weighted by atomic mass is 16.1. The van der Waals surface area contributed by atoms with Gasteiger partial charge in [-0.2, -0.15) is 0 Å². The third-order valence-electron chi connectivity index (χ3n) is 3.63. The van der Waals surface area contributed by atoms with Gasteiger partial charge in [-0.15, -0.1) is 0 Å². The molecule has 0 saturated heterocycles. The van der Waals surface area contributed by atoms with Crippen molar-refractivity contribution in [3.05, 3.63) is 0 Å². The fraction of sp³-hybridized carbons (Fsp3) is 0.900. The van der Waals surface area contributed by atoms with Gasteiger partial charge in [0, 0.05) is 0 Å². The lowest BCUT2D eigenvalue weighted by Crippen LogP contribution is -2.45. The Morgan fingerprint density at radius 1 is 1.17 bits per heavy atom. The summed E-state index contributed by atoms with van der Waals surface area (Å²) in [4.78, 5) is 11.3. The molecule has 2 N–H and O–H groups in total. The van der Waals surface area contributed by atoms with Gasteiger partial charge >= 0.3 is 0 Å². The second-order valence-corrected chi connectivity index (χ2v) is 4.29. The number of rotatable bonds is 4. The predicted molar refractivity (Wildman–Crippen MR) is 51.7 cm³/mol. The van der Waals surface area contributed by atoms with Crippen molar-refractivity contribution < 1.29 is 4.79 Å². The highest BCUT2D eigenvalue weighted by Gasteiger charge is 2.42. The summed E-state index contributed by atoms with van der Waals surface area (Å²) >= 11 is 0. The third-order valence-corrected chi connectivity index (χ3v) is 3.63. The molecule has 2 heteroatoms. The van der Waals surface area contributed by atoms with Crippen molar-refractivity contribution >= 4 is 5.91 Å². The van der Waals surface area contributed by atoms with Gasteiger partial charge in [0.2, 0.25) is 5.91 Å². The normalized spacial score (nSPS) is 17.1. The lowest BCUT2D eigenvalue weighted by molar-refractivity contribution is -0.133. The lowest BCUT2D eigenvalue weighted by Gasteiger charge is -2.40. The first-order valence-corrected chi connectivity index (χ1v) is 4.61. The minimum atomic E-state index is -0.373. The van der Waals surface area contributed by atoms with Gasteiger partial charge in [0.1, 0.15) is 0 Å². The Hall–Kier alpha value is -0.530. The molecule has 12 heavy (non-hydrogen) atoms. The monoisotopic (exact) mass is 171 g/mol. The van der Waals surface area contributed by atoms with Crippen molar-refractivity contribution in [1.29, 1.82) is 0 Å². The molecule has 0 heterocycles. The van der Waals surface area contributed by atoms with Crippen molar-refractivity contribution in [1.82, 2.24) is 0 Å². The van der Waals surface area contributed by atoms with Gasteiger partial charge in [0.25, 0.3) is 0 Å². The van der Waals surface area contributed by atoms with E-state index >= 15 is 0 Å². The first-order chi connectivity index (χ1) is 5.31. The lowest BCUT2D eigenvalue weighted by atomic mass is 9.63. The Morgan fingerprint density at radius 2 is 1.58 bits per heavy atom. The molecule has 0 aromatic heterocycles. The summed E-state index contributed by atoms with van der Waals surface area (Å²) in [6.07, 6.45) is 1.78. The molecule has 0 radical (unpaired) electrons. The van der Waals surface area contributed by atoms with E-state index in [2.05, 4.69) is 20.8 Å². The van der Waals surface area contributed by atoms with Crippen LogP contribution in [0.2, 0.25) is 0 Å². The highest BCUT2D eigenvalue weighted by molar-refractivity contribution is 5.81. The number of hydrogen-bond acceptors (Lipinski definition) is 1. The van der Waals surface area contributed by atoms with Crippen LogP contribution in [-0.4, -0.2) is 5.91 Å². The van der Waals surface area contributed by atoms with Gasteiger partial charge in [-0.25, -0.2) is 0 Å². The van der Waals surface area contributed by atoms with E-state index in [4.69, 9.17) is 5.73 Å². The van der Waals surface area contributed by atoms with E-state index in [1.54, 1.807) is 0 Å². The molecule has 2 nitrogen and oxygen atoms in total. The molecule has 0 fully saturated rings. The van der Waals surface area contributed by atoms with Gasteiger partial charge in [0.15, 0.2) is 0 Å². The molecular weight excluding hydrogens is 150 g/mol. The number of carbonyl (C=O) groups excluding carboxylic acids is 1. The largest absolute Gasteiger partial charge is 0.369 e. The maximum atomic E-state index is 11.3. The summed E-state index contributed by atoms with van der Waals surface area (Å²) in [5.41, 5.74) is 5.02. The molecule has 0 rings (SSSR count). The summed E-state index contributed by atoms with van der Waals surface area (Å²) in [5.74, 6) is -0.183. The number of carbonyl (C=O) groups is 1. The van der Waals surface area contributed by atoms with Crippen molar-refractivity contribution in [2.24, 2.45) is 16.6 Å². The molecule has 0 aliphatic heterocycles. The molecular formula is C10H21NO. The zero-order valence-corrected chi connectivity index (χ0v) is 8.90. The van der Waals surface area contributed by atoms with Gasteiger partial charge in [0.05, 0.1) is 5.41 Å². The zero-order valence-electron chi connectivity index (χ0n) is 8.90. The first-order valence-electron chi connectivity index (χ1n) is 4.61. The smallest absolute Gasteiger partial charge is 0.223 e. The van der Waals surface area contributed by atoms with Crippen LogP contribution in [0.1, 0.15) is 47.5 Å². The predicted octanol–water partition coefficient (Wildman–Crippen LogP) is 2.32.